The maximum absolute atomic E-state index is 11.7. The third-order valence-electron chi connectivity index (χ3n) is 2.94. The van der Waals surface area contributed by atoms with E-state index in [2.05, 4.69) is 10.3 Å². The molecule has 0 amide bonds. The number of thiazole rings is 1. The second-order valence-electron chi connectivity index (χ2n) is 4.62. The molecule has 0 bridgehead atoms. The SMILES string of the molecule is CCc1nc(CNc2cccc(S(C)(=O)=O)c2[N+](=O)[O-])cs1. The number of nitrogens with one attached hydrogen (secondary N) is 1. The first-order chi connectivity index (χ1) is 10.3. The summed E-state index contributed by atoms with van der Waals surface area (Å²) < 4.78 is 23.4. The Morgan fingerprint density at radius 3 is 2.68 bits per heavy atom. The van der Waals surface area contributed by atoms with Crippen LogP contribution in [0, 0.1) is 10.1 Å². The number of anilines is 1. The van der Waals surface area contributed by atoms with Crippen LogP contribution < -0.4 is 5.32 Å². The normalized spacial score (nSPS) is 11.4. The van der Waals surface area contributed by atoms with Crippen LogP contribution in [-0.2, 0) is 22.8 Å². The zero-order valence-corrected chi connectivity index (χ0v) is 13.7. The van der Waals surface area contributed by atoms with Crippen LogP contribution in [0.4, 0.5) is 11.4 Å². The van der Waals surface area contributed by atoms with Crippen molar-refractivity contribution in [3.63, 3.8) is 0 Å². The molecule has 0 aliphatic rings. The van der Waals surface area contributed by atoms with Gasteiger partial charge in [0.05, 0.1) is 22.2 Å². The Kier molecular flexibility index (Phi) is 4.77. The highest BCUT2D eigenvalue weighted by Crippen LogP contribution is 2.32. The van der Waals surface area contributed by atoms with Crippen molar-refractivity contribution < 1.29 is 13.3 Å². The number of hydrogen-bond donors (Lipinski definition) is 1. The molecule has 1 aromatic heterocycles. The largest absolute Gasteiger partial charge is 0.374 e. The van der Waals surface area contributed by atoms with E-state index in [4.69, 9.17) is 0 Å². The maximum Gasteiger partial charge on any atom is 0.310 e. The molecule has 1 aromatic carbocycles. The third-order valence-corrected chi connectivity index (χ3v) is 5.11. The van der Waals surface area contributed by atoms with Crippen molar-refractivity contribution in [2.75, 3.05) is 11.6 Å². The number of nitrogens with zero attached hydrogens (tertiary/aromatic N) is 2. The molecule has 1 N–H and O–H groups in total. The Balaban J connectivity index is 2.32. The number of aryl methyl sites for hydroxylation is 1. The predicted octanol–water partition coefficient (Wildman–Crippen LogP) is 2.63. The first-order valence-electron chi connectivity index (χ1n) is 6.47. The summed E-state index contributed by atoms with van der Waals surface area (Å²) in [4.78, 5) is 14.6. The summed E-state index contributed by atoms with van der Waals surface area (Å²) in [5.74, 6) is 0. The molecule has 2 aromatic rings. The highest BCUT2D eigenvalue weighted by molar-refractivity contribution is 7.90. The summed E-state index contributed by atoms with van der Waals surface area (Å²) in [5, 5.41) is 17.0. The van der Waals surface area contributed by atoms with Crippen LogP contribution in [0.25, 0.3) is 0 Å². The van der Waals surface area contributed by atoms with Crippen molar-refractivity contribution in [2.45, 2.75) is 24.8 Å². The summed E-state index contributed by atoms with van der Waals surface area (Å²) in [6.45, 7) is 2.29. The third kappa shape index (κ3) is 3.60. The van der Waals surface area contributed by atoms with Crippen molar-refractivity contribution in [3.8, 4) is 0 Å². The number of nitro benzene ring substituents is 1. The molecule has 118 valence electrons. The topological polar surface area (TPSA) is 102 Å². The van der Waals surface area contributed by atoms with Crippen LogP contribution in [-0.4, -0.2) is 24.6 Å². The summed E-state index contributed by atoms with van der Waals surface area (Å²) in [7, 11) is -3.68. The molecule has 2 rings (SSSR count). The van der Waals surface area contributed by atoms with Crippen LogP contribution in [0.5, 0.6) is 0 Å². The van der Waals surface area contributed by atoms with Crippen molar-refractivity contribution in [3.05, 3.63) is 44.4 Å². The number of aromatic nitrogens is 1. The van der Waals surface area contributed by atoms with Crippen molar-refractivity contribution in [2.24, 2.45) is 0 Å². The Morgan fingerprint density at radius 1 is 1.41 bits per heavy atom. The van der Waals surface area contributed by atoms with Gasteiger partial charge in [0.1, 0.15) is 10.6 Å². The first-order valence-corrected chi connectivity index (χ1v) is 9.24. The monoisotopic (exact) mass is 341 g/mol. The average molecular weight is 341 g/mol. The van der Waals surface area contributed by atoms with Gasteiger partial charge in [-0.25, -0.2) is 13.4 Å². The minimum absolute atomic E-state index is 0.166. The predicted molar refractivity (Wildman–Crippen MR) is 85.0 cm³/mol. The fraction of sp³-hybridized carbons (Fsp3) is 0.308. The fourth-order valence-electron chi connectivity index (χ4n) is 1.93. The van der Waals surface area contributed by atoms with Crippen molar-refractivity contribution in [1.29, 1.82) is 0 Å². The molecule has 0 fully saturated rings. The Hall–Kier alpha value is -2.00. The van der Waals surface area contributed by atoms with E-state index < -0.39 is 20.4 Å². The van der Waals surface area contributed by atoms with Crippen LogP contribution in [0.1, 0.15) is 17.6 Å². The second kappa shape index (κ2) is 6.41. The molecule has 9 heteroatoms. The zero-order chi connectivity index (χ0) is 16.3. The number of rotatable bonds is 6. The minimum Gasteiger partial charge on any atom is -0.374 e. The lowest BCUT2D eigenvalue weighted by molar-refractivity contribution is -0.386. The van der Waals surface area contributed by atoms with Gasteiger partial charge in [-0.2, -0.15) is 0 Å². The molecule has 0 saturated carbocycles. The lowest BCUT2D eigenvalue weighted by Gasteiger charge is -2.08. The van der Waals surface area contributed by atoms with Crippen LogP contribution >= 0.6 is 11.3 Å². The van der Waals surface area contributed by atoms with E-state index in [1.54, 1.807) is 0 Å². The minimum atomic E-state index is -3.68. The van der Waals surface area contributed by atoms with E-state index in [0.717, 1.165) is 23.4 Å². The Bertz CT molecular complexity index is 799. The molecule has 0 aliphatic carbocycles. The summed E-state index contributed by atoms with van der Waals surface area (Å²) in [6, 6.07) is 4.20. The number of nitro groups is 1. The van der Waals surface area contributed by atoms with Gasteiger partial charge in [0, 0.05) is 11.6 Å². The second-order valence-corrected chi connectivity index (χ2v) is 7.55. The molecule has 0 atom stereocenters. The van der Waals surface area contributed by atoms with Gasteiger partial charge in [-0.15, -0.1) is 11.3 Å². The zero-order valence-electron chi connectivity index (χ0n) is 12.1. The molecular weight excluding hydrogens is 326 g/mol. The van der Waals surface area contributed by atoms with Gasteiger partial charge in [0.2, 0.25) is 0 Å². The average Bonchev–Trinajstić information content (AvgIpc) is 2.91. The molecule has 0 unspecified atom stereocenters. The summed E-state index contributed by atoms with van der Waals surface area (Å²) in [5.41, 5.74) is 0.496. The van der Waals surface area contributed by atoms with E-state index in [-0.39, 0.29) is 10.6 Å². The molecule has 22 heavy (non-hydrogen) atoms. The number of sulfone groups is 1. The molecule has 7 nitrogen and oxygen atoms in total. The number of para-hydroxylation sites is 1. The smallest absolute Gasteiger partial charge is 0.310 e. The first kappa shape index (κ1) is 16.4. The molecule has 0 saturated heterocycles. The van der Waals surface area contributed by atoms with E-state index in [9.17, 15) is 18.5 Å². The summed E-state index contributed by atoms with van der Waals surface area (Å²) in [6.07, 6.45) is 1.78. The van der Waals surface area contributed by atoms with Gasteiger partial charge in [-0.05, 0) is 18.6 Å². The standard InChI is InChI=1S/C13H15N3O4S2/c1-3-12-15-9(8-21-12)7-14-10-5-4-6-11(22(2,19)20)13(10)16(17)18/h4-6,8,14H,3,7H2,1-2H3. The lowest BCUT2D eigenvalue weighted by atomic mass is 10.2. The summed E-state index contributed by atoms with van der Waals surface area (Å²) >= 11 is 1.52. The fourth-order valence-corrected chi connectivity index (χ4v) is 3.54. The molecule has 1 heterocycles. The van der Waals surface area contributed by atoms with Gasteiger partial charge >= 0.3 is 5.69 Å². The van der Waals surface area contributed by atoms with E-state index in [1.807, 2.05) is 12.3 Å². The van der Waals surface area contributed by atoms with Crippen LogP contribution in [0.15, 0.2) is 28.5 Å². The highest BCUT2D eigenvalue weighted by atomic mass is 32.2. The number of benzene rings is 1. The van der Waals surface area contributed by atoms with Gasteiger partial charge in [0.15, 0.2) is 9.84 Å². The molecule has 0 radical (unpaired) electrons. The van der Waals surface area contributed by atoms with Crippen molar-refractivity contribution in [1.82, 2.24) is 4.98 Å². The Morgan fingerprint density at radius 2 is 2.14 bits per heavy atom. The molecule has 0 spiro atoms. The van der Waals surface area contributed by atoms with Crippen LogP contribution in [0.3, 0.4) is 0 Å². The van der Waals surface area contributed by atoms with E-state index in [1.165, 1.54) is 29.5 Å². The maximum atomic E-state index is 11.7. The van der Waals surface area contributed by atoms with Gasteiger partial charge in [-0.1, -0.05) is 13.0 Å². The molecular formula is C13H15N3O4S2. The lowest BCUT2D eigenvalue weighted by Crippen LogP contribution is -2.08. The highest BCUT2D eigenvalue weighted by Gasteiger charge is 2.25. The van der Waals surface area contributed by atoms with Crippen molar-refractivity contribution >= 4 is 32.5 Å². The molecule has 0 aliphatic heterocycles. The Labute approximate surface area is 132 Å². The number of hydrogen-bond acceptors (Lipinski definition) is 7. The van der Waals surface area contributed by atoms with Gasteiger partial charge in [0.25, 0.3) is 0 Å². The quantitative estimate of drug-likeness (QED) is 0.640. The van der Waals surface area contributed by atoms with Crippen LogP contribution in [0.2, 0.25) is 0 Å². The van der Waals surface area contributed by atoms with Gasteiger partial charge in [-0.3, -0.25) is 10.1 Å². The van der Waals surface area contributed by atoms with E-state index >= 15 is 0 Å². The van der Waals surface area contributed by atoms with Gasteiger partial charge < -0.3 is 5.32 Å². The van der Waals surface area contributed by atoms with E-state index in [0.29, 0.717) is 6.54 Å².